The number of anilines is 1. The van der Waals surface area contributed by atoms with Crippen LogP contribution in [-0.4, -0.2) is 23.8 Å². The summed E-state index contributed by atoms with van der Waals surface area (Å²) >= 11 is 3.33. The number of benzene rings is 1. The minimum atomic E-state index is -0.0950. The number of carbonyl (C=O) groups excluding carboxylic acids is 1. The smallest absolute Gasteiger partial charge is 0.233 e. The minimum Gasteiger partial charge on any atom is -0.325 e. The summed E-state index contributed by atoms with van der Waals surface area (Å²) in [6.07, 6.45) is 1.95. The maximum atomic E-state index is 11.4. The van der Waals surface area contributed by atoms with E-state index in [-0.39, 0.29) is 16.4 Å². The molecule has 0 saturated carbocycles. The van der Waals surface area contributed by atoms with E-state index in [1.807, 2.05) is 30.5 Å². The molecule has 0 spiro atoms. The second-order valence-electron chi connectivity index (χ2n) is 2.98. The molecule has 0 bridgehead atoms. The molecular formula is C10H12BrNOS. The van der Waals surface area contributed by atoms with Crippen LogP contribution in [0, 0.1) is 0 Å². The van der Waals surface area contributed by atoms with Gasteiger partial charge in [-0.2, -0.15) is 10.5 Å². The predicted octanol–water partition coefficient (Wildman–Crippen LogP) is 2.72. The van der Waals surface area contributed by atoms with Gasteiger partial charge in [0, 0.05) is 10.2 Å². The molecule has 0 aliphatic heterocycles. The van der Waals surface area contributed by atoms with Crippen molar-refractivity contribution in [3.63, 3.8) is 0 Å². The van der Waals surface area contributed by atoms with Gasteiger partial charge in [0.15, 0.2) is 0 Å². The molecular weight excluding hydrogens is 262 g/mol. The van der Waals surface area contributed by atoms with Crippen molar-refractivity contribution in [1.29, 1.82) is 0 Å². The summed E-state index contributed by atoms with van der Waals surface area (Å²) in [6.45, 7) is 0. The Morgan fingerprint density at radius 2 is 2.07 bits per heavy atom. The zero-order valence-corrected chi connectivity index (χ0v) is 10.3. The van der Waals surface area contributed by atoms with E-state index >= 15 is 0 Å². The van der Waals surface area contributed by atoms with E-state index < -0.39 is 0 Å². The number of hydrogen-bond donors (Lipinski definition) is 1. The quantitative estimate of drug-likeness (QED) is 0.844. The van der Waals surface area contributed by atoms with E-state index in [2.05, 4.69) is 27.1 Å². The molecule has 2 nitrogen and oxygen atoms in total. The van der Waals surface area contributed by atoms with Gasteiger partial charge in [-0.3, -0.25) is 4.79 Å². The van der Waals surface area contributed by atoms with E-state index in [0.29, 0.717) is 5.75 Å². The van der Waals surface area contributed by atoms with Crippen molar-refractivity contribution in [1.82, 2.24) is 0 Å². The number of amides is 1. The monoisotopic (exact) mass is 273 g/mol. The average molecular weight is 274 g/mol. The van der Waals surface area contributed by atoms with Gasteiger partial charge < -0.3 is 5.32 Å². The van der Waals surface area contributed by atoms with Gasteiger partial charge in [-0.05, 0) is 30.5 Å². The normalized spacial score (nSPS) is 12.1. The first-order chi connectivity index (χ1) is 6.58. The number of carbonyl (C=O) groups is 1. The highest BCUT2D eigenvalue weighted by molar-refractivity contribution is 9.10. The summed E-state index contributed by atoms with van der Waals surface area (Å²) in [5.41, 5.74) is 0.823. The van der Waals surface area contributed by atoms with E-state index in [4.69, 9.17) is 0 Å². The Hall–Kier alpha value is -0.610. The lowest BCUT2D eigenvalue weighted by atomic mass is 10.3. The Morgan fingerprint density at radius 3 is 2.57 bits per heavy atom. The molecule has 1 N–H and O–H groups in total. The summed E-state index contributed by atoms with van der Waals surface area (Å²) in [7, 11) is -0.0950. The number of hydrogen-bond acceptors (Lipinski definition) is 1. The summed E-state index contributed by atoms with van der Waals surface area (Å²) in [4.78, 5) is 11.4. The Labute approximate surface area is 94.8 Å². The largest absolute Gasteiger partial charge is 0.325 e. The molecule has 1 aromatic carbocycles. The summed E-state index contributed by atoms with van der Waals surface area (Å²) < 4.78 is 1.00. The van der Waals surface area contributed by atoms with E-state index in [1.165, 1.54) is 0 Å². The van der Waals surface area contributed by atoms with Crippen LogP contribution in [0.25, 0.3) is 0 Å². The van der Waals surface area contributed by atoms with Gasteiger partial charge in [-0.1, -0.05) is 21.8 Å². The third kappa shape index (κ3) is 4.07. The van der Waals surface area contributed by atoms with Crippen LogP contribution < -0.4 is 5.32 Å². The van der Waals surface area contributed by atoms with Gasteiger partial charge in [-0.15, -0.1) is 0 Å². The Bertz CT molecular complexity index is 348. The Kier molecular flexibility index (Phi) is 4.35. The van der Waals surface area contributed by atoms with Crippen molar-refractivity contribution in [2.24, 2.45) is 0 Å². The molecule has 1 unspecified atom stereocenters. The topological polar surface area (TPSA) is 29.1 Å². The minimum absolute atomic E-state index is 0.0214. The molecule has 1 rings (SSSR count). The standard InChI is InChI=1S/C10H12BrNOS/c1-14(2)7-10(13)12-9-5-3-8(11)4-6-9/h3-6H,1,7H2,2H3,(H,12,13). The zero-order valence-electron chi connectivity index (χ0n) is 7.92. The van der Waals surface area contributed by atoms with Crippen molar-refractivity contribution in [2.45, 2.75) is 0 Å². The number of nitrogens with one attached hydrogen (secondary N) is 1. The lowest BCUT2D eigenvalue weighted by molar-refractivity contribution is -0.113. The van der Waals surface area contributed by atoms with Crippen LogP contribution >= 0.6 is 26.4 Å². The fourth-order valence-corrected chi connectivity index (χ4v) is 1.74. The summed E-state index contributed by atoms with van der Waals surface area (Å²) in [5.74, 6) is 4.30. The molecule has 76 valence electrons. The molecule has 1 aromatic rings. The fourth-order valence-electron chi connectivity index (χ4n) is 0.954. The number of halogens is 1. The second kappa shape index (κ2) is 5.32. The van der Waals surface area contributed by atoms with Crippen molar-refractivity contribution in [3.05, 3.63) is 28.7 Å². The number of rotatable bonds is 3. The molecule has 1 amide bonds. The maximum Gasteiger partial charge on any atom is 0.233 e. The van der Waals surface area contributed by atoms with Crippen LogP contribution in [-0.2, 0) is 4.79 Å². The average Bonchev–Trinajstić information content (AvgIpc) is 2.07. The Morgan fingerprint density at radius 1 is 1.50 bits per heavy atom. The van der Waals surface area contributed by atoms with Crippen LogP contribution in [0.3, 0.4) is 0 Å². The molecule has 0 aromatic heterocycles. The van der Waals surface area contributed by atoms with Crippen molar-refractivity contribution in [2.75, 3.05) is 17.3 Å². The van der Waals surface area contributed by atoms with E-state index in [9.17, 15) is 4.79 Å². The summed E-state index contributed by atoms with van der Waals surface area (Å²) in [5, 5.41) is 2.81. The summed E-state index contributed by atoms with van der Waals surface area (Å²) in [6, 6.07) is 7.51. The molecule has 4 heteroatoms. The van der Waals surface area contributed by atoms with Crippen LogP contribution in [0.1, 0.15) is 0 Å². The van der Waals surface area contributed by atoms with Crippen molar-refractivity contribution < 1.29 is 4.79 Å². The highest BCUT2D eigenvalue weighted by atomic mass is 79.9. The van der Waals surface area contributed by atoms with Crippen LogP contribution in [0.2, 0.25) is 0 Å². The lowest BCUT2D eigenvalue weighted by Gasteiger charge is -2.04. The third-order valence-corrected chi connectivity index (χ3v) is 2.79. The van der Waals surface area contributed by atoms with Gasteiger partial charge in [0.2, 0.25) is 5.91 Å². The fraction of sp³-hybridized carbons (Fsp3) is 0.200. The molecule has 0 radical (unpaired) electrons. The molecule has 14 heavy (non-hydrogen) atoms. The van der Waals surface area contributed by atoms with Gasteiger partial charge in [0.25, 0.3) is 0 Å². The van der Waals surface area contributed by atoms with E-state index in [1.54, 1.807) is 0 Å². The maximum absolute atomic E-state index is 11.4. The zero-order chi connectivity index (χ0) is 10.6. The van der Waals surface area contributed by atoms with E-state index in [0.717, 1.165) is 10.2 Å². The predicted molar refractivity (Wildman–Crippen MR) is 68.3 cm³/mol. The molecule has 0 saturated heterocycles. The molecule has 0 aliphatic carbocycles. The SMILES string of the molecule is C=S(C)CC(=O)Nc1ccc(Br)cc1. The van der Waals surface area contributed by atoms with Gasteiger partial charge in [0.05, 0.1) is 5.75 Å². The molecule has 0 heterocycles. The van der Waals surface area contributed by atoms with Crippen molar-refractivity contribution in [3.8, 4) is 0 Å². The van der Waals surface area contributed by atoms with Gasteiger partial charge in [-0.25, -0.2) is 0 Å². The van der Waals surface area contributed by atoms with Crippen LogP contribution in [0.15, 0.2) is 28.7 Å². The Balaban J connectivity index is 2.56. The van der Waals surface area contributed by atoms with Crippen LogP contribution in [0.4, 0.5) is 5.69 Å². The van der Waals surface area contributed by atoms with Gasteiger partial charge >= 0.3 is 0 Å². The molecule has 0 aliphatic rings. The molecule has 0 fully saturated rings. The first-order valence-electron chi connectivity index (χ1n) is 4.05. The van der Waals surface area contributed by atoms with Crippen LogP contribution in [0.5, 0.6) is 0 Å². The first-order valence-corrected chi connectivity index (χ1v) is 6.82. The first kappa shape index (κ1) is 11.5. The highest BCUT2D eigenvalue weighted by Gasteiger charge is 2.00. The van der Waals surface area contributed by atoms with Crippen molar-refractivity contribution >= 4 is 43.9 Å². The lowest BCUT2D eigenvalue weighted by Crippen LogP contribution is -2.14. The molecule has 1 atom stereocenters. The van der Waals surface area contributed by atoms with Gasteiger partial charge in [0.1, 0.15) is 0 Å². The highest BCUT2D eigenvalue weighted by Crippen LogP contribution is 2.14. The third-order valence-electron chi connectivity index (χ3n) is 1.51. The second-order valence-corrected chi connectivity index (χ2v) is 5.75.